The number of ether oxygens (including phenoxy) is 3. The fourth-order valence-electron chi connectivity index (χ4n) is 3.65. The molecule has 0 N–H and O–H groups in total. The van der Waals surface area contributed by atoms with E-state index < -0.39 is 11.6 Å². The van der Waals surface area contributed by atoms with Crippen LogP contribution in [0.5, 0.6) is 5.75 Å². The highest BCUT2D eigenvalue weighted by molar-refractivity contribution is 5.95. The van der Waals surface area contributed by atoms with E-state index in [2.05, 4.69) is 0 Å². The first-order valence-corrected chi connectivity index (χ1v) is 10.9. The number of amides is 2. The number of likely N-dealkylation sites (tertiary alicyclic amines) is 1. The van der Waals surface area contributed by atoms with Gasteiger partial charge in [-0.15, -0.1) is 0 Å². The van der Waals surface area contributed by atoms with Gasteiger partial charge in [0.15, 0.2) is 6.61 Å². The van der Waals surface area contributed by atoms with Gasteiger partial charge >= 0.3 is 12.1 Å². The van der Waals surface area contributed by atoms with Gasteiger partial charge < -0.3 is 24.0 Å². The third kappa shape index (κ3) is 6.87. The van der Waals surface area contributed by atoms with Crippen LogP contribution in [0, 0.1) is 5.92 Å². The highest BCUT2D eigenvalue weighted by Gasteiger charge is 2.27. The van der Waals surface area contributed by atoms with E-state index in [9.17, 15) is 14.4 Å². The Morgan fingerprint density at radius 2 is 1.74 bits per heavy atom. The minimum Gasteiger partial charge on any atom is -0.482 e. The van der Waals surface area contributed by atoms with Crippen molar-refractivity contribution in [2.45, 2.75) is 52.1 Å². The maximum absolute atomic E-state index is 12.1. The molecule has 1 aromatic rings. The van der Waals surface area contributed by atoms with Crippen LogP contribution in [0.4, 0.5) is 10.5 Å². The van der Waals surface area contributed by atoms with Crippen LogP contribution in [0.2, 0.25) is 0 Å². The highest BCUT2D eigenvalue weighted by Crippen LogP contribution is 2.24. The zero-order valence-corrected chi connectivity index (χ0v) is 18.6. The van der Waals surface area contributed by atoms with E-state index in [0.29, 0.717) is 31.9 Å². The summed E-state index contributed by atoms with van der Waals surface area (Å²) in [4.78, 5) is 39.4. The summed E-state index contributed by atoms with van der Waals surface area (Å²) < 4.78 is 16.2. The highest BCUT2D eigenvalue weighted by atomic mass is 16.6. The van der Waals surface area contributed by atoms with Crippen LogP contribution in [0.3, 0.4) is 0 Å². The van der Waals surface area contributed by atoms with Gasteiger partial charge in [0.05, 0.1) is 6.61 Å². The Labute approximate surface area is 183 Å². The summed E-state index contributed by atoms with van der Waals surface area (Å²) in [5.74, 6) is 0.487. The van der Waals surface area contributed by atoms with Crippen molar-refractivity contribution in [3.05, 3.63) is 24.3 Å². The van der Waals surface area contributed by atoms with E-state index in [1.54, 1.807) is 21.9 Å². The molecule has 2 aliphatic rings. The molecule has 2 fully saturated rings. The lowest BCUT2D eigenvalue weighted by atomic mass is 9.98. The summed E-state index contributed by atoms with van der Waals surface area (Å²) in [7, 11) is 0. The monoisotopic (exact) mass is 432 g/mol. The average molecular weight is 433 g/mol. The first-order chi connectivity index (χ1) is 14.7. The van der Waals surface area contributed by atoms with Gasteiger partial charge in [-0.25, -0.2) is 9.59 Å². The van der Waals surface area contributed by atoms with Crippen LogP contribution in [0.1, 0.15) is 46.5 Å². The van der Waals surface area contributed by atoms with E-state index >= 15 is 0 Å². The minimum absolute atomic E-state index is 0.133. The van der Waals surface area contributed by atoms with E-state index in [1.165, 1.54) is 0 Å². The first-order valence-electron chi connectivity index (χ1n) is 10.9. The van der Waals surface area contributed by atoms with Crippen LogP contribution < -0.4 is 9.64 Å². The van der Waals surface area contributed by atoms with Gasteiger partial charge in [0.25, 0.3) is 0 Å². The van der Waals surface area contributed by atoms with Crippen molar-refractivity contribution in [1.29, 1.82) is 0 Å². The Morgan fingerprint density at radius 1 is 1.06 bits per heavy atom. The summed E-state index contributed by atoms with van der Waals surface area (Å²) in [6, 6.07) is 7.14. The number of carbonyl (C=O) groups is 3. The Bertz CT molecular complexity index is 778. The number of benzene rings is 1. The van der Waals surface area contributed by atoms with Crippen LogP contribution in [0.25, 0.3) is 0 Å². The second-order valence-corrected chi connectivity index (χ2v) is 9.03. The second kappa shape index (κ2) is 10.0. The lowest BCUT2D eigenvalue weighted by Crippen LogP contribution is -2.42. The molecule has 0 unspecified atom stereocenters. The number of nitrogens with zero attached hydrogens (tertiary/aromatic N) is 2. The normalized spacial score (nSPS) is 17.6. The number of esters is 1. The average Bonchev–Trinajstić information content (AvgIpc) is 3.16. The van der Waals surface area contributed by atoms with Crippen LogP contribution in [0.15, 0.2) is 24.3 Å². The van der Waals surface area contributed by atoms with Gasteiger partial charge in [0, 0.05) is 31.7 Å². The Balaban J connectivity index is 1.34. The molecule has 3 rings (SSSR count). The number of piperidine rings is 1. The Hall–Kier alpha value is -2.77. The first kappa shape index (κ1) is 22.9. The molecule has 2 saturated heterocycles. The van der Waals surface area contributed by atoms with Gasteiger partial charge in [-0.05, 0) is 70.2 Å². The lowest BCUT2D eigenvalue weighted by molar-refractivity contribution is -0.147. The van der Waals surface area contributed by atoms with Crippen LogP contribution in [-0.2, 0) is 19.1 Å². The van der Waals surface area contributed by atoms with Gasteiger partial charge in [0.1, 0.15) is 11.4 Å². The molecule has 0 aromatic heterocycles. The summed E-state index contributed by atoms with van der Waals surface area (Å²) in [6.07, 6.45) is 2.71. The lowest BCUT2D eigenvalue weighted by Gasteiger charge is -2.33. The molecule has 2 amide bonds. The standard InChI is InChI=1S/C23H32N2O6/c1-23(2,3)31-22(28)24-13-10-17(11-14-24)15-30-21(27)16-29-19-8-6-18(7-9-19)25-12-4-5-20(25)26/h6-9,17H,4-5,10-16H2,1-3H3. The summed E-state index contributed by atoms with van der Waals surface area (Å²) in [5.41, 5.74) is 0.338. The third-order valence-corrected chi connectivity index (χ3v) is 5.32. The molecule has 31 heavy (non-hydrogen) atoms. The quantitative estimate of drug-likeness (QED) is 0.641. The zero-order valence-electron chi connectivity index (χ0n) is 18.6. The largest absolute Gasteiger partial charge is 0.482 e. The van der Waals surface area contributed by atoms with Crippen molar-refractivity contribution < 1.29 is 28.6 Å². The van der Waals surface area contributed by atoms with Gasteiger partial charge in [0.2, 0.25) is 5.91 Å². The number of anilines is 1. The number of rotatable bonds is 6. The van der Waals surface area contributed by atoms with Crippen LogP contribution in [-0.4, -0.2) is 61.3 Å². The molecule has 1 aromatic carbocycles. The molecule has 0 radical (unpaired) electrons. The fourth-order valence-corrected chi connectivity index (χ4v) is 3.65. The summed E-state index contributed by atoms with van der Waals surface area (Å²) >= 11 is 0. The summed E-state index contributed by atoms with van der Waals surface area (Å²) in [5, 5.41) is 0. The van der Waals surface area contributed by atoms with Crippen molar-refractivity contribution in [3.63, 3.8) is 0 Å². The van der Waals surface area contributed by atoms with Crippen molar-refractivity contribution in [2.75, 3.05) is 37.7 Å². The smallest absolute Gasteiger partial charge is 0.410 e. The molecule has 8 nitrogen and oxygen atoms in total. The molecule has 170 valence electrons. The molecule has 0 saturated carbocycles. The fraction of sp³-hybridized carbons (Fsp3) is 0.609. The molecule has 0 bridgehead atoms. The van der Waals surface area contributed by atoms with Crippen molar-refractivity contribution in [1.82, 2.24) is 4.90 Å². The molecule has 0 aliphatic carbocycles. The second-order valence-electron chi connectivity index (χ2n) is 9.03. The SMILES string of the molecule is CC(C)(C)OC(=O)N1CCC(COC(=O)COc2ccc(N3CCCC3=O)cc2)CC1. The molecule has 8 heteroatoms. The Morgan fingerprint density at radius 3 is 2.32 bits per heavy atom. The van der Waals surface area contributed by atoms with E-state index in [0.717, 1.165) is 31.5 Å². The maximum atomic E-state index is 12.1. The van der Waals surface area contributed by atoms with E-state index in [1.807, 2.05) is 32.9 Å². The molecule has 0 atom stereocenters. The van der Waals surface area contributed by atoms with Gasteiger partial charge in [-0.1, -0.05) is 0 Å². The zero-order chi connectivity index (χ0) is 22.4. The molecular formula is C23H32N2O6. The predicted molar refractivity (Wildman–Crippen MR) is 115 cm³/mol. The van der Waals surface area contributed by atoms with Crippen molar-refractivity contribution in [2.24, 2.45) is 5.92 Å². The number of hydrogen-bond acceptors (Lipinski definition) is 6. The summed E-state index contributed by atoms with van der Waals surface area (Å²) in [6.45, 7) is 7.63. The topological polar surface area (TPSA) is 85.4 Å². The molecule has 2 heterocycles. The molecule has 0 spiro atoms. The predicted octanol–water partition coefficient (Wildman–Crippen LogP) is 3.38. The maximum Gasteiger partial charge on any atom is 0.410 e. The van der Waals surface area contributed by atoms with Gasteiger partial charge in [-0.3, -0.25) is 4.79 Å². The number of carbonyl (C=O) groups excluding carboxylic acids is 3. The van der Waals surface area contributed by atoms with Gasteiger partial charge in [-0.2, -0.15) is 0 Å². The minimum atomic E-state index is -0.505. The third-order valence-electron chi connectivity index (χ3n) is 5.32. The van der Waals surface area contributed by atoms with Crippen molar-refractivity contribution >= 4 is 23.7 Å². The van der Waals surface area contributed by atoms with Crippen LogP contribution >= 0.6 is 0 Å². The molecular weight excluding hydrogens is 400 g/mol. The van der Waals surface area contributed by atoms with E-state index in [4.69, 9.17) is 14.2 Å². The Kier molecular flexibility index (Phi) is 7.41. The van der Waals surface area contributed by atoms with Crippen molar-refractivity contribution in [3.8, 4) is 5.75 Å². The van der Waals surface area contributed by atoms with E-state index in [-0.39, 0.29) is 24.5 Å². The number of hydrogen-bond donors (Lipinski definition) is 0. The molecule has 2 aliphatic heterocycles.